The van der Waals surface area contributed by atoms with Gasteiger partial charge >= 0.3 is 0 Å². The number of thioether (sulfide) groups is 1. The molecule has 0 aliphatic heterocycles. The third kappa shape index (κ3) is 4.23. The molecule has 0 aliphatic rings. The zero-order valence-corrected chi connectivity index (χ0v) is 13.3. The van der Waals surface area contributed by atoms with Gasteiger partial charge in [-0.25, -0.2) is 9.97 Å². The van der Waals surface area contributed by atoms with E-state index in [1.807, 2.05) is 0 Å². The van der Waals surface area contributed by atoms with Gasteiger partial charge in [0.2, 0.25) is 5.91 Å². The molecular weight excluding hydrogens is 331 g/mol. The fourth-order valence-corrected chi connectivity index (χ4v) is 2.87. The molecule has 0 saturated heterocycles. The summed E-state index contributed by atoms with van der Waals surface area (Å²) in [7, 11) is 0. The molecule has 0 spiro atoms. The number of anilines is 2. The molecule has 1 heterocycles. The van der Waals surface area contributed by atoms with Gasteiger partial charge in [0.05, 0.1) is 21.6 Å². The van der Waals surface area contributed by atoms with Crippen molar-refractivity contribution in [3.8, 4) is 0 Å². The fourth-order valence-electron chi connectivity index (χ4n) is 1.53. The Morgan fingerprint density at radius 3 is 2.81 bits per heavy atom. The molecule has 0 fully saturated rings. The number of benzene rings is 1. The highest BCUT2D eigenvalue weighted by Crippen LogP contribution is 2.32. The van der Waals surface area contributed by atoms with Crippen molar-refractivity contribution in [1.82, 2.24) is 9.97 Å². The SMILES string of the molecule is CC(Sc1ccncn1)C(=O)Nc1c(N)cc(Cl)cc1Cl. The van der Waals surface area contributed by atoms with Crippen molar-refractivity contribution in [3.63, 3.8) is 0 Å². The number of nitrogens with zero attached hydrogens (tertiary/aromatic N) is 2. The Balaban J connectivity index is 2.08. The van der Waals surface area contributed by atoms with Crippen molar-refractivity contribution in [1.29, 1.82) is 0 Å². The van der Waals surface area contributed by atoms with E-state index in [-0.39, 0.29) is 11.2 Å². The number of nitrogen functional groups attached to an aromatic ring is 1. The molecule has 1 atom stereocenters. The summed E-state index contributed by atoms with van der Waals surface area (Å²) in [5.74, 6) is -0.227. The number of carbonyl (C=O) groups excluding carboxylic acids is 1. The highest BCUT2D eigenvalue weighted by molar-refractivity contribution is 8.00. The number of amides is 1. The van der Waals surface area contributed by atoms with E-state index >= 15 is 0 Å². The first-order chi connectivity index (χ1) is 9.97. The molecule has 1 aromatic heterocycles. The van der Waals surface area contributed by atoms with E-state index in [2.05, 4.69) is 15.3 Å². The van der Waals surface area contributed by atoms with Gasteiger partial charge in [-0.05, 0) is 25.1 Å². The van der Waals surface area contributed by atoms with Crippen molar-refractivity contribution in [2.24, 2.45) is 0 Å². The average molecular weight is 343 g/mol. The van der Waals surface area contributed by atoms with Crippen molar-refractivity contribution in [2.45, 2.75) is 17.2 Å². The van der Waals surface area contributed by atoms with Crippen LogP contribution in [-0.4, -0.2) is 21.1 Å². The molecule has 8 heteroatoms. The predicted octanol–water partition coefficient (Wildman–Crippen LogP) is 3.48. The standard InChI is InChI=1S/C13H12Cl2N4OS/c1-7(21-11-2-3-17-6-18-11)13(20)19-12-9(15)4-8(14)5-10(12)16/h2-7H,16H2,1H3,(H,19,20). The van der Waals surface area contributed by atoms with Crippen LogP contribution in [0, 0.1) is 0 Å². The molecular formula is C13H12Cl2N4OS. The van der Waals surface area contributed by atoms with Crippen LogP contribution < -0.4 is 11.1 Å². The number of nitrogens with one attached hydrogen (secondary N) is 1. The summed E-state index contributed by atoms with van der Waals surface area (Å²) >= 11 is 13.2. The van der Waals surface area contributed by atoms with Gasteiger partial charge in [0.15, 0.2) is 0 Å². The summed E-state index contributed by atoms with van der Waals surface area (Å²) < 4.78 is 0. The molecule has 1 amide bonds. The molecule has 2 aromatic rings. The van der Waals surface area contributed by atoms with Crippen LogP contribution in [0.1, 0.15) is 6.92 Å². The normalized spacial score (nSPS) is 12.0. The summed E-state index contributed by atoms with van der Waals surface area (Å²) in [6, 6.07) is 4.79. The number of halogens is 2. The third-order valence-electron chi connectivity index (χ3n) is 2.56. The molecule has 0 saturated carbocycles. The van der Waals surface area contributed by atoms with E-state index in [1.165, 1.54) is 30.2 Å². The van der Waals surface area contributed by atoms with Gasteiger partial charge in [0.1, 0.15) is 11.4 Å². The smallest absolute Gasteiger partial charge is 0.237 e. The molecule has 110 valence electrons. The first kappa shape index (κ1) is 15.9. The van der Waals surface area contributed by atoms with Gasteiger partial charge in [-0.15, -0.1) is 0 Å². The number of aromatic nitrogens is 2. The van der Waals surface area contributed by atoms with Crippen molar-refractivity contribution in [2.75, 3.05) is 11.1 Å². The summed E-state index contributed by atoms with van der Waals surface area (Å²) in [5.41, 5.74) is 6.49. The zero-order chi connectivity index (χ0) is 15.4. The maximum absolute atomic E-state index is 12.2. The Hall–Kier alpha value is -1.50. The van der Waals surface area contributed by atoms with Crippen LogP contribution in [0.4, 0.5) is 11.4 Å². The molecule has 3 N–H and O–H groups in total. The van der Waals surface area contributed by atoms with Gasteiger partial charge < -0.3 is 11.1 Å². The Morgan fingerprint density at radius 2 is 2.19 bits per heavy atom. The van der Waals surface area contributed by atoms with Crippen LogP contribution in [0.3, 0.4) is 0 Å². The van der Waals surface area contributed by atoms with E-state index in [1.54, 1.807) is 19.2 Å². The van der Waals surface area contributed by atoms with Crippen LogP contribution in [0.5, 0.6) is 0 Å². The number of nitrogens with two attached hydrogens (primary N) is 1. The minimum absolute atomic E-state index is 0.227. The number of hydrogen-bond donors (Lipinski definition) is 2. The maximum Gasteiger partial charge on any atom is 0.237 e. The van der Waals surface area contributed by atoms with Gasteiger partial charge in [-0.2, -0.15) is 0 Å². The fraction of sp³-hybridized carbons (Fsp3) is 0.154. The Morgan fingerprint density at radius 1 is 1.43 bits per heavy atom. The highest BCUT2D eigenvalue weighted by atomic mass is 35.5. The largest absolute Gasteiger partial charge is 0.397 e. The zero-order valence-electron chi connectivity index (χ0n) is 11.0. The van der Waals surface area contributed by atoms with Crippen LogP contribution >= 0.6 is 35.0 Å². The van der Waals surface area contributed by atoms with Gasteiger partial charge in [-0.1, -0.05) is 35.0 Å². The van der Waals surface area contributed by atoms with E-state index in [9.17, 15) is 4.79 Å². The topological polar surface area (TPSA) is 80.9 Å². The van der Waals surface area contributed by atoms with Crippen molar-refractivity contribution >= 4 is 52.2 Å². The first-order valence-corrected chi connectivity index (χ1v) is 7.59. The molecule has 0 radical (unpaired) electrons. The average Bonchev–Trinajstić information content (AvgIpc) is 2.43. The second-order valence-corrected chi connectivity index (χ2v) is 6.35. The quantitative estimate of drug-likeness (QED) is 0.505. The number of hydrogen-bond acceptors (Lipinski definition) is 5. The summed E-state index contributed by atoms with van der Waals surface area (Å²) in [5, 5.41) is 3.76. The summed E-state index contributed by atoms with van der Waals surface area (Å²) in [4.78, 5) is 20.1. The lowest BCUT2D eigenvalue weighted by atomic mass is 10.2. The van der Waals surface area contributed by atoms with Crippen LogP contribution in [0.2, 0.25) is 10.0 Å². The Bertz CT molecular complexity index is 631. The summed E-state index contributed by atoms with van der Waals surface area (Å²) in [6.45, 7) is 1.77. The highest BCUT2D eigenvalue weighted by Gasteiger charge is 2.18. The van der Waals surface area contributed by atoms with Crippen LogP contribution in [0.25, 0.3) is 0 Å². The first-order valence-electron chi connectivity index (χ1n) is 5.95. The van der Waals surface area contributed by atoms with Gasteiger partial charge in [0, 0.05) is 11.2 Å². The minimum Gasteiger partial charge on any atom is -0.397 e. The summed E-state index contributed by atoms with van der Waals surface area (Å²) in [6.07, 6.45) is 3.05. The molecule has 5 nitrogen and oxygen atoms in total. The lowest BCUT2D eigenvalue weighted by Crippen LogP contribution is -2.23. The molecule has 1 aromatic carbocycles. The second-order valence-electron chi connectivity index (χ2n) is 4.15. The third-order valence-corrected chi connectivity index (χ3v) is 4.12. The monoisotopic (exact) mass is 342 g/mol. The number of rotatable bonds is 4. The maximum atomic E-state index is 12.2. The van der Waals surface area contributed by atoms with E-state index in [0.717, 1.165) is 0 Å². The molecule has 0 aliphatic carbocycles. The van der Waals surface area contributed by atoms with Gasteiger partial charge in [0.25, 0.3) is 0 Å². The van der Waals surface area contributed by atoms with Crippen molar-refractivity contribution in [3.05, 3.63) is 40.8 Å². The lowest BCUT2D eigenvalue weighted by Gasteiger charge is -2.14. The van der Waals surface area contributed by atoms with Crippen LogP contribution in [0.15, 0.2) is 35.7 Å². The van der Waals surface area contributed by atoms with Gasteiger partial charge in [-0.3, -0.25) is 4.79 Å². The molecule has 2 rings (SSSR count). The Kier molecular flexibility index (Phi) is 5.27. The minimum atomic E-state index is -0.369. The Labute approximate surface area is 136 Å². The molecule has 21 heavy (non-hydrogen) atoms. The predicted molar refractivity (Wildman–Crippen MR) is 86.9 cm³/mol. The van der Waals surface area contributed by atoms with E-state index in [4.69, 9.17) is 28.9 Å². The van der Waals surface area contributed by atoms with E-state index in [0.29, 0.717) is 26.4 Å². The molecule has 1 unspecified atom stereocenters. The van der Waals surface area contributed by atoms with E-state index < -0.39 is 0 Å². The number of carbonyl (C=O) groups is 1. The van der Waals surface area contributed by atoms with Crippen molar-refractivity contribution < 1.29 is 4.79 Å². The molecule has 0 bridgehead atoms. The lowest BCUT2D eigenvalue weighted by molar-refractivity contribution is -0.115. The second kappa shape index (κ2) is 6.98. The van der Waals surface area contributed by atoms with Crippen LogP contribution in [-0.2, 0) is 4.79 Å².